The maximum absolute atomic E-state index is 10.1. The zero-order valence-electron chi connectivity index (χ0n) is 8.47. The predicted octanol–water partition coefficient (Wildman–Crippen LogP) is 1.19. The predicted molar refractivity (Wildman–Crippen MR) is 52.4 cm³/mol. The molecular weight excluding hydrogens is 221 g/mol. The highest BCUT2D eigenvalue weighted by Crippen LogP contribution is 1.85. The van der Waals surface area contributed by atoms with E-state index in [-0.39, 0.29) is 0 Å². The van der Waals surface area contributed by atoms with Crippen LogP contribution < -0.4 is 4.57 Å². The van der Waals surface area contributed by atoms with E-state index in [9.17, 15) is 3.89 Å². The number of rotatable bonds is 3. The molecule has 0 aliphatic rings. The summed E-state index contributed by atoms with van der Waals surface area (Å²) in [6.07, 6.45) is 6.75. The maximum atomic E-state index is 10.1. The first kappa shape index (κ1) is 14.0. The summed E-state index contributed by atoms with van der Waals surface area (Å²) < 4.78 is 37.5. The van der Waals surface area contributed by atoms with Gasteiger partial charge in [0.15, 0.2) is 12.4 Å². The van der Waals surface area contributed by atoms with E-state index in [0.717, 1.165) is 6.54 Å². The molecule has 1 aromatic heterocycles. The van der Waals surface area contributed by atoms with E-state index in [1.54, 1.807) is 0 Å². The van der Waals surface area contributed by atoms with Crippen molar-refractivity contribution >= 4 is 10.5 Å². The Bertz CT molecular complexity index is 345. The molecular formula is C9H14FNO3S. The highest BCUT2D eigenvalue weighted by molar-refractivity contribution is 7.80. The molecule has 1 heterocycles. The molecule has 0 atom stereocenters. The normalized spacial score (nSPS) is 10.3. The number of aryl methyl sites for hydroxylation is 1. The number of nitrogens with zero attached hydrogens (tertiary/aromatic N) is 1. The molecule has 0 N–H and O–H groups in total. The summed E-state index contributed by atoms with van der Waals surface area (Å²) in [6, 6.07) is 6.17. The Morgan fingerprint density at radius 2 is 1.73 bits per heavy atom. The Kier molecular flexibility index (Phi) is 6.81. The summed E-state index contributed by atoms with van der Waals surface area (Å²) >= 11 is 0. The van der Waals surface area contributed by atoms with Crippen molar-refractivity contribution in [3.8, 4) is 0 Å². The van der Waals surface area contributed by atoms with E-state index in [1.807, 2.05) is 6.07 Å². The van der Waals surface area contributed by atoms with E-state index >= 15 is 0 Å². The van der Waals surface area contributed by atoms with Crippen LogP contribution in [0.3, 0.4) is 0 Å². The van der Waals surface area contributed by atoms with Crippen LogP contribution >= 0.6 is 0 Å². The summed E-state index contributed by atoms with van der Waals surface area (Å²) in [6.45, 7) is 3.36. The van der Waals surface area contributed by atoms with Crippen molar-refractivity contribution in [3.63, 3.8) is 0 Å². The summed E-state index contributed by atoms with van der Waals surface area (Å²) in [5, 5.41) is 0. The molecule has 1 aromatic rings. The van der Waals surface area contributed by atoms with Crippen LogP contribution in [0.1, 0.15) is 19.8 Å². The lowest BCUT2D eigenvalue weighted by Gasteiger charge is -1.91. The van der Waals surface area contributed by atoms with Gasteiger partial charge in [-0.05, 0) is 0 Å². The monoisotopic (exact) mass is 235 g/mol. The first-order chi connectivity index (χ1) is 6.93. The molecule has 0 saturated heterocycles. The van der Waals surface area contributed by atoms with Gasteiger partial charge in [0.05, 0.1) is 0 Å². The second-order valence-electron chi connectivity index (χ2n) is 2.86. The average Bonchev–Trinajstić information content (AvgIpc) is 2.14. The molecule has 0 bridgehead atoms. The Morgan fingerprint density at radius 3 is 2.13 bits per heavy atom. The largest absolute Gasteiger partial charge is 0.722 e. The van der Waals surface area contributed by atoms with E-state index in [2.05, 4.69) is 36.0 Å². The molecule has 0 aliphatic carbocycles. The van der Waals surface area contributed by atoms with Crippen molar-refractivity contribution < 1.29 is 21.4 Å². The van der Waals surface area contributed by atoms with E-state index in [4.69, 9.17) is 13.0 Å². The van der Waals surface area contributed by atoms with Gasteiger partial charge >= 0.3 is 0 Å². The van der Waals surface area contributed by atoms with Crippen molar-refractivity contribution in [2.24, 2.45) is 0 Å². The van der Waals surface area contributed by atoms with Crippen molar-refractivity contribution in [2.75, 3.05) is 0 Å². The highest BCUT2D eigenvalue weighted by Gasteiger charge is 1.93. The summed E-state index contributed by atoms with van der Waals surface area (Å²) in [5.41, 5.74) is 0. The van der Waals surface area contributed by atoms with Crippen LogP contribution in [0.25, 0.3) is 0 Å². The molecule has 0 spiro atoms. The number of aromatic nitrogens is 1. The van der Waals surface area contributed by atoms with Gasteiger partial charge < -0.3 is 4.55 Å². The smallest absolute Gasteiger partial charge is 0.255 e. The van der Waals surface area contributed by atoms with Crippen LogP contribution in [-0.2, 0) is 17.0 Å². The quantitative estimate of drug-likeness (QED) is 0.449. The number of halogens is 1. The number of unbranched alkanes of at least 4 members (excludes halogenated alkanes) is 1. The third-order valence-corrected chi connectivity index (χ3v) is 1.55. The third kappa shape index (κ3) is 13.0. The van der Waals surface area contributed by atoms with E-state index < -0.39 is 10.5 Å². The molecule has 4 nitrogen and oxygen atoms in total. The SMILES string of the molecule is CCCC[n+]1ccccc1.O=S(=O)([O-])F. The molecule has 0 fully saturated rings. The van der Waals surface area contributed by atoms with Crippen LogP contribution in [0.15, 0.2) is 30.6 Å². The van der Waals surface area contributed by atoms with E-state index in [0.29, 0.717) is 0 Å². The van der Waals surface area contributed by atoms with Gasteiger partial charge in [0, 0.05) is 18.6 Å². The van der Waals surface area contributed by atoms with Crippen LogP contribution in [0.5, 0.6) is 0 Å². The lowest BCUT2D eigenvalue weighted by Crippen LogP contribution is -2.31. The Labute approximate surface area is 89.4 Å². The fourth-order valence-electron chi connectivity index (χ4n) is 0.924. The van der Waals surface area contributed by atoms with E-state index in [1.165, 1.54) is 12.8 Å². The zero-order chi connectivity index (χ0) is 11.7. The van der Waals surface area contributed by atoms with Crippen molar-refractivity contribution in [1.29, 1.82) is 0 Å². The molecule has 1 rings (SSSR count). The summed E-state index contributed by atoms with van der Waals surface area (Å²) in [5.74, 6) is 0. The van der Waals surface area contributed by atoms with Gasteiger partial charge in [-0.15, -0.1) is 3.89 Å². The van der Waals surface area contributed by atoms with Crippen LogP contribution in [0, 0.1) is 0 Å². The first-order valence-corrected chi connectivity index (χ1v) is 5.84. The van der Waals surface area contributed by atoms with Crippen LogP contribution in [0.2, 0.25) is 0 Å². The molecule has 86 valence electrons. The fraction of sp³-hybridized carbons (Fsp3) is 0.444. The van der Waals surface area contributed by atoms with Crippen molar-refractivity contribution in [2.45, 2.75) is 26.3 Å². The maximum Gasteiger partial charge on any atom is 0.255 e. The molecule has 0 unspecified atom stereocenters. The average molecular weight is 235 g/mol. The number of pyridine rings is 1. The van der Waals surface area contributed by atoms with Gasteiger partial charge in [-0.25, -0.2) is 13.0 Å². The Morgan fingerprint density at radius 1 is 1.27 bits per heavy atom. The van der Waals surface area contributed by atoms with Gasteiger partial charge in [0.25, 0.3) is 10.5 Å². The van der Waals surface area contributed by atoms with Crippen LogP contribution in [0.4, 0.5) is 3.89 Å². The van der Waals surface area contributed by atoms with Crippen molar-refractivity contribution in [1.82, 2.24) is 0 Å². The molecule has 0 radical (unpaired) electrons. The van der Waals surface area contributed by atoms with Gasteiger partial charge in [-0.1, -0.05) is 19.4 Å². The second kappa shape index (κ2) is 7.30. The Balaban J connectivity index is 0.000000336. The Hall–Kier alpha value is -1.01. The lowest BCUT2D eigenvalue weighted by molar-refractivity contribution is -0.697. The molecule has 0 amide bonds. The zero-order valence-corrected chi connectivity index (χ0v) is 9.28. The van der Waals surface area contributed by atoms with Gasteiger partial charge in [0.2, 0.25) is 0 Å². The second-order valence-corrected chi connectivity index (χ2v) is 3.65. The van der Waals surface area contributed by atoms with Gasteiger partial charge in [0.1, 0.15) is 6.54 Å². The molecule has 6 heteroatoms. The van der Waals surface area contributed by atoms with Gasteiger partial charge in [-0.2, -0.15) is 0 Å². The molecule has 0 saturated carbocycles. The number of hydrogen-bond acceptors (Lipinski definition) is 3. The molecule has 0 aromatic carbocycles. The standard InChI is InChI=1S/C9H14N.FHO3S/c1-2-3-7-10-8-5-4-6-9-10;1-5(2,3)4/h4-6,8-9H,2-3,7H2,1H3;(H,2,3,4)/q+1;/p-1. The highest BCUT2D eigenvalue weighted by atomic mass is 32.3. The summed E-state index contributed by atoms with van der Waals surface area (Å²) in [4.78, 5) is 0. The minimum absolute atomic E-state index is 1.15. The van der Waals surface area contributed by atoms with Crippen LogP contribution in [-0.4, -0.2) is 13.0 Å². The lowest BCUT2D eigenvalue weighted by atomic mass is 10.3. The number of hydrogen-bond donors (Lipinski definition) is 0. The van der Waals surface area contributed by atoms with Crippen molar-refractivity contribution in [3.05, 3.63) is 30.6 Å². The summed E-state index contributed by atoms with van der Waals surface area (Å²) in [7, 11) is -5.42. The molecule has 15 heavy (non-hydrogen) atoms. The minimum atomic E-state index is -5.42. The first-order valence-electron chi connectivity index (χ1n) is 4.53. The minimum Gasteiger partial charge on any atom is -0.722 e. The molecule has 0 aliphatic heterocycles. The van der Waals surface area contributed by atoms with Gasteiger partial charge in [-0.3, -0.25) is 0 Å². The fourth-order valence-corrected chi connectivity index (χ4v) is 0.924. The third-order valence-electron chi connectivity index (χ3n) is 1.55. The topological polar surface area (TPSA) is 61.1 Å².